The van der Waals surface area contributed by atoms with E-state index in [0.29, 0.717) is 33.5 Å². The zero-order chi connectivity index (χ0) is 23.4. The first-order valence-electron chi connectivity index (χ1n) is 11.0. The maximum absolute atomic E-state index is 13.1. The van der Waals surface area contributed by atoms with Gasteiger partial charge in [0.15, 0.2) is 0 Å². The fourth-order valence-electron chi connectivity index (χ4n) is 3.88. The van der Waals surface area contributed by atoms with Gasteiger partial charge in [0.2, 0.25) is 5.91 Å². The average molecular weight is 496 g/mol. The Morgan fingerprint density at radius 2 is 2.12 bits per heavy atom. The number of nitrogens with zero attached hydrogens (tertiary/aromatic N) is 1. The Balaban J connectivity index is 1.45. The average Bonchev–Trinajstić information content (AvgIpc) is 3.45. The number of carbonyl (C=O) groups is 2. The number of thiophene rings is 2. The molecule has 8 heteroatoms. The zero-order valence-electron chi connectivity index (χ0n) is 18.5. The molecule has 1 aromatic carbocycles. The lowest BCUT2D eigenvalue weighted by Crippen LogP contribution is -2.24. The molecular formula is C25H25N3O2S3. The molecule has 1 aliphatic rings. The maximum Gasteiger partial charge on any atom is 0.265 e. The molecule has 170 valence electrons. The van der Waals surface area contributed by atoms with Crippen molar-refractivity contribution >= 4 is 56.9 Å². The number of nitriles is 1. The summed E-state index contributed by atoms with van der Waals surface area (Å²) in [7, 11) is 0. The summed E-state index contributed by atoms with van der Waals surface area (Å²) in [5.41, 5.74) is 2.44. The number of hydrogen-bond donors (Lipinski definition) is 2. The third-order valence-electron chi connectivity index (χ3n) is 5.64. The Bertz CT molecular complexity index is 1190. The molecule has 0 spiro atoms. The van der Waals surface area contributed by atoms with Crippen molar-refractivity contribution in [3.8, 4) is 6.07 Å². The largest absolute Gasteiger partial charge is 0.321 e. The van der Waals surface area contributed by atoms with E-state index in [1.165, 1.54) is 28.0 Å². The number of hydrogen-bond acceptors (Lipinski definition) is 6. The molecule has 0 saturated heterocycles. The lowest BCUT2D eigenvalue weighted by Gasteiger charge is -2.17. The normalized spacial score (nSPS) is 15.8. The van der Waals surface area contributed by atoms with E-state index in [0.717, 1.165) is 29.7 Å². The Labute approximate surface area is 206 Å². The first kappa shape index (κ1) is 23.6. The molecule has 33 heavy (non-hydrogen) atoms. The van der Waals surface area contributed by atoms with Gasteiger partial charge in [-0.05, 0) is 66.8 Å². The molecule has 0 saturated carbocycles. The molecule has 2 atom stereocenters. The van der Waals surface area contributed by atoms with Crippen LogP contribution in [0.25, 0.3) is 0 Å². The molecule has 3 aromatic rings. The van der Waals surface area contributed by atoms with E-state index in [1.807, 2.05) is 42.6 Å². The van der Waals surface area contributed by atoms with Gasteiger partial charge in [0.05, 0.1) is 15.7 Å². The number of nitrogens with one attached hydrogen (secondary N) is 2. The smallest absolute Gasteiger partial charge is 0.265 e. The number of anilines is 2. The lowest BCUT2D eigenvalue weighted by atomic mass is 9.88. The van der Waals surface area contributed by atoms with Crippen molar-refractivity contribution in [3.05, 3.63) is 62.7 Å². The third-order valence-corrected chi connectivity index (χ3v) is 9.04. The van der Waals surface area contributed by atoms with Crippen molar-refractivity contribution in [3.63, 3.8) is 0 Å². The summed E-state index contributed by atoms with van der Waals surface area (Å²) in [5, 5.41) is 17.9. The van der Waals surface area contributed by atoms with Crippen molar-refractivity contribution in [2.24, 2.45) is 5.92 Å². The Kier molecular flexibility index (Phi) is 7.53. The van der Waals surface area contributed by atoms with Gasteiger partial charge < -0.3 is 10.6 Å². The molecule has 2 unspecified atom stereocenters. The van der Waals surface area contributed by atoms with Crippen LogP contribution in [-0.4, -0.2) is 17.1 Å². The quantitative estimate of drug-likeness (QED) is 0.363. The molecule has 2 aromatic heterocycles. The molecule has 2 heterocycles. The van der Waals surface area contributed by atoms with Gasteiger partial charge in [-0.2, -0.15) is 5.26 Å². The maximum atomic E-state index is 13.1. The van der Waals surface area contributed by atoms with Crippen molar-refractivity contribution in [2.45, 2.75) is 49.7 Å². The number of thioether (sulfide) groups is 1. The minimum atomic E-state index is -0.308. The minimum Gasteiger partial charge on any atom is -0.321 e. The van der Waals surface area contributed by atoms with E-state index in [9.17, 15) is 14.9 Å². The molecular weight excluding hydrogens is 470 g/mol. The van der Waals surface area contributed by atoms with E-state index in [1.54, 1.807) is 17.4 Å². The van der Waals surface area contributed by atoms with Gasteiger partial charge in [-0.3, -0.25) is 9.59 Å². The Morgan fingerprint density at radius 1 is 1.27 bits per heavy atom. The van der Waals surface area contributed by atoms with Gasteiger partial charge in [0.25, 0.3) is 5.91 Å². The van der Waals surface area contributed by atoms with Crippen molar-refractivity contribution in [1.29, 1.82) is 5.26 Å². The highest BCUT2D eigenvalue weighted by atomic mass is 32.2. The van der Waals surface area contributed by atoms with E-state index in [4.69, 9.17) is 0 Å². The first-order valence-corrected chi connectivity index (χ1v) is 13.5. The predicted octanol–water partition coefficient (Wildman–Crippen LogP) is 6.57. The van der Waals surface area contributed by atoms with Crippen LogP contribution in [0.4, 0.5) is 10.7 Å². The Morgan fingerprint density at radius 3 is 2.85 bits per heavy atom. The second kappa shape index (κ2) is 10.6. The number of amides is 2. The summed E-state index contributed by atoms with van der Waals surface area (Å²) in [4.78, 5) is 28.2. The molecule has 0 fully saturated rings. The van der Waals surface area contributed by atoms with E-state index in [-0.39, 0.29) is 17.1 Å². The molecule has 0 bridgehead atoms. The SMILES string of the molecule is CCC(Sc1cccc(NC(=O)c2cccs2)c1)C(=O)Nc1sc2c(c1C#N)CCC(C)C2. The van der Waals surface area contributed by atoms with Crippen LogP contribution < -0.4 is 10.6 Å². The molecule has 4 rings (SSSR count). The summed E-state index contributed by atoms with van der Waals surface area (Å²) in [6.07, 6.45) is 3.60. The number of benzene rings is 1. The van der Waals surface area contributed by atoms with Gasteiger partial charge in [0.1, 0.15) is 11.1 Å². The second-order valence-corrected chi connectivity index (χ2v) is 11.5. The van der Waals surface area contributed by atoms with Gasteiger partial charge in [-0.15, -0.1) is 34.4 Å². The summed E-state index contributed by atoms with van der Waals surface area (Å²) < 4.78 is 0. The van der Waals surface area contributed by atoms with Gasteiger partial charge in [-0.25, -0.2) is 0 Å². The third kappa shape index (κ3) is 5.49. The topological polar surface area (TPSA) is 82.0 Å². The van der Waals surface area contributed by atoms with Crippen LogP contribution >= 0.6 is 34.4 Å². The van der Waals surface area contributed by atoms with Crippen LogP contribution in [0.5, 0.6) is 0 Å². The lowest BCUT2D eigenvalue weighted by molar-refractivity contribution is -0.115. The van der Waals surface area contributed by atoms with Gasteiger partial charge >= 0.3 is 0 Å². The van der Waals surface area contributed by atoms with Crippen LogP contribution in [0.15, 0.2) is 46.7 Å². The molecule has 2 amide bonds. The monoisotopic (exact) mass is 495 g/mol. The zero-order valence-corrected chi connectivity index (χ0v) is 21.0. The highest BCUT2D eigenvalue weighted by Crippen LogP contribution is 2.39. The summed E-state index contributed by atoms with van der Waals surface area (Å²) >= 11 is 4.41. The van der Waals surface area contributed by atoms with Crippen LogP contribution in [0.1, 0.15) is 52.4 Å². The van der Waals surface area contributed by atoms with Crippen molar-refractivity contribution < 1.29 is 9.59 Å². The van der Waals surface area contributed by atoms with Crippen LogP contribution in [-0.2, 0) is 17.6 Å². The second-order valence-electron chi connectivity index (χ2n) is 8.13. The van der Waals surface area contributed by atoms with E-state index >= 15 is 0 Å². The molecule has 1 aliphatic carbocycles. The van der Waals surface area contributed by atoms with Crippen molar-refractivity contribution in [1.82, 2.24) is 0 Å². The molecule has 2 N–H and O–H groups in total. The number of fused-ring (bicyclic) bond motifs is 1. The fourth-order valence-corrected chi connectivity index (χ4v) is 6.88. The summed E-state index contributed by atoms with van der Waals surface area (Å²) in [6, 6.07) is 13.5. The minimum absolute atomic E-state index is 0.0985. The van der Waals surface area contributed by atoms with Crippen molar-refractivity contribution in [2.75, 3.05) is 10.6 Å². The molecule has 0 radical (unpaired) electrons. The van der Waals surface area contributed by atoms with Crippen LogP contribution in [0, 0.1) is 17.2 Å². The summed E-state index contributed by atoms with van der Waals surface area (Å²) in [5.74, 6) is 0.369. The van der Waals surface area contributed by atoms with Crippen LogP contribution in [0.3, 0.4) is 0 Å². The Hall–Kier alpha value is -2.60. The summed E-state index contributed by atoms with van der Waals surface area (Å²) in [6.45, 7) is 4.21. The van der Waals surface area contributed by atoms with Crippen LogP contribution in [0.2, 0.25) is 0 Å². The number of rotatable bonds is 7. The van der Waals surface area contributed by atoms with E-state index < -0.39 is 0 Å². The fraction of sp³-hybridized carbons (Fsp3) is 0.320. The van der Waals surface area contributed by atoms with E-state index in [2.05, 4.69) is 23.6 Å². The highest BCUT2D eigenvalue weighted by Gasteiger charge is 2.26. The van der Waals surface area contributed by atoms with Gasteiger partial charge in [-0.1, -0.05) is 26.0 Å². The predicted molar refractivity (Wildman–Crippen MR) is 138 cm³/mol. The first-order chi connectivity index (χ1) is 16.0. The molecule has 5 nitrogen and oxygen atoms in total. The molecule has 0 aliphatic heterocycles. The standard InChI is InChI=1S/C25H25N3O2S3/c1-3-20(23(29)28-25-19(14-26)18-10-9-15(2)12-22(18)33-25)32-17-7-4-6-16(13-17)27-24(30)21-8-5-11-31-21/h4-8,11,13,15,20H,3,9-10,12H2,1-2H3,(H,27,30)(H,28,29). The highest BCUT2D eigenvalue weighted by molar-refractivity contribution is 8.00. The van der Waals surface area contributed by atoms with Gasteiger partial charge in [0, 0.05) is 15.5 Å². The number of carbonyl (C=O) groups excluding carboxylic acids is 2.